The predicted octanol–water partition coefficient (Wildman–Crippen LogP) is 2.32. The van der Waals surface area contributed by atoms with E-state index in [1.165, 1.54) is 8.66 Å². The number of hydrogen-bond donors (Lipinski definition) is 1. The lowest BCUT2D eigenvalue weighted by molar-refractivity contribution is -0.127. The minimum Gasteiger partial charge on any atom is -0.356 e. The molecule has 2 rings (SSSR count). The molecule has 1 aromatic heterocycles. The highest BCUT2D eigenvalue weighted by atomic mass is 79.9. The lowest BCUT2D eigenvalue weighted by Crippen LogP contribution is -2.52. The fourth-order valence-corrected chi connectivity index (χ4v) is 4.15. The average Bonchev–Trinajstić information content (AvgIpc) is 3.00. The van der Waals surface area contributed by atoms with Gasteiger partial charge in [-0.15, -0.1) is 11.3 Å². The Kier molecular flexibility index (Phi) is 8.37. The number of carbonyl (C=O) groups excluding carboxylic acids is 1. The summed E-state index contributed by atoms with van der Waals surface area (Å²) in [4.78, 5) is 24.2. The molecule has 146 valence electrons. The molecule has 0 spiro atoms. The zero-order valence-electron chi connectivity index (χ0n) is 16.2. The number of nitrogens with one attached hydrogen (secondary N) is 1. The fourth-order valence-electron chi connectivity index (χ4n) is 2.62. The predicted molar refractivity (Wildman–Crippen MR) is 113 cm³/mol. The summed E-state index contributed by atoms with van der Waals surface area (Å²) in [6.45, 7) is 10.2. The van der Waals surface area contributed by atoms with Crippen molar-refractivity contribution >= 4 is 39.1 Å². The molecular weight excluding hydrogens is 414 g/mol. The molecule has 1 saturated heterocycles. The zero-order chi connectivity index (χ0) is 19.1. The van der Waals surface area contributed by atoms with Gasteiger partial charge in [0.05, 0.1) is 3.79 Å². The second-order valence-corrected chi connectivity index (χ2v) is 9.72. The molecule has 0 aromatic carbocycles. The number of aliphatic imine (C=N–C) groups is 1. The van der Waals surface area contributed by atoms with Crippen molar-refractivity contribution in [3.8, 4) is 0 Å². The summed E-state index contributed by atoms with van der Waals surface area (Å²) in [6.07, 6.45) is 0. The van der Waals surface area contributed by atoms with Crippen molar-refractivity contribution in [2.45, 2.75) is 20.4 Å². The number of rotatable bonds is 6. The minimum absolute atomic E-state index is 0.0238. The molecule has 26 heavy (non-hydrogen) atoms. The van der Waals surface area contributed by atoms with Gasteiger partial charge in [0, 0.05) is 58.2 Å². The van der Waals surface area contributed by atoms with Gasteiger partial charge in [-0.3, -0.25) is 9.69 Å². The van der Waals surface area contributed by atoms with Crippen LogP contribution in [0.2, 0.25) is 0 Å². The van der Waals surface area contributed by atoms with Gasteiger partial charge in [0.2, 0.25) is 5.91 Å². The Morgan fingerprint density at radius 1 is 1.31 bits per heavy atom. The number of hydrogen-bond acceptors (Lipinski definition) is 4. The number of thiophene rings is 1. The summed E-state index contributed by atoms with van der Waals surface area (Å²) in [5.41, 5.74) is 0. The van der Waals surface area contributed by atoms with Gasteiger partial charge in [0.25, 0.3) is 0 Å². The molecule has 2 heterocycles. The highest BCUT2D eigenvalue weighted by Gasteiger charge is 2.20. The Labute approximate surface area is 169 Å². The van der Waals surface area contributed by atoms with Crippen LogP contribution in [0, 0.1) is 5.92 Å². The van der Waals surface area contributed by atoms with E-state index in [2.05, 4.69) is 62.0 Å². The molecule has 0 radical (unpaired) electrons. The van der Waals surface area contributed by atoms with Crippen LogP contribution < -0.4 is 5.32 Å². The van der Waals surface area contributed by atoms with Crippen LogP contribution >= 0.6 is 27.3 Å². The van der Waals surface area contributed by atoms with Gasteiger partial charge < -0.3 is 15.1 Å². The number of guanidine groups is 1. The molecule has 1 fully saturated rings. The maximum atomic E-state index is 11.9. The maximum Gasteiger partial charge on any atom is 0.243 e. The van der Waals surface area contributed by atoms with Gasteiger partial charge in [-0.1, -0.05) is 13.8 Å². The smallest absolute Gasteiger partial charge is 0.243 e. The third-order valence-electron chi connectivity index (χ3n) is 4.21. The van der Waals surface area contributed by atoms with Crippen LogP contribution in [0.25, 0.3) is 0 Å². The number of nitrogens with zero attached hydrogens (tertiary/aromatic N) is 4. The van der Waals surface area contributed by atoms with Crippen LogP contribution in [-0.4, -0.2) is 79.9 Å². The minimum atomic E-state index is 0.0238. The van der Waals surface area contributed by atoms with Crippen molar-refractivity contribution in [1.29, 1.82) is 0 Å². The molecule has 0 atom stereocenters. The van der Waals surface area contributed by atoms with E-state index in [1.807, 2.05) is 0 Å². The molecule has 6 nitrogen and oxygen atoms in total. The molecule has 8 heteroatoms. The van der Waals surface area contributed by atoms with Crippen molar-refractivity contribution in [3.05, 3.63) is 20.8 Å². The fraction of sp³-hybridized carbons (Fsp3) is 0.667. The van der Waals surface area contributed by atoms with E-state index in [-0.39, 0.29) is 12.5 Å². The number of halogens is 1. The molecule has 0 bridgehead atoms. The Morgan fingerprint density at radius 3 is 2.54 bits per heavy atom. The van der Waals surface area contributed by atoms with E-state index in [1.54, 1.807) is 30.3 Å². The molecule has 1 aromatic rings. The average molecular weight is 444 g/mol. The first-order chi connectivity index (χ1) is 12.3. The Morgan fingerprint density at radius 2 is 2.00 bits per heavy atom. The summed E-state index contributed by atoms with van der Waals surface area (Å²) in [7, 11) is 3.53. The maximum absolute atomic E-state index is 11.9. The molecule has 0 saturated carbocycles. The van der Waals surface area contributed by atoms with Gasteiger partial charge >= 0.3 is 0 Å². The van der Waals surface area contributed by atoms with Gasteiger partial charge in [-0.2, -0.15) is 0 Å². The number of amides is 1. The van der Waals surface area contributed by atoms with E-state index in [9.17, 15) is 4.79 Å². The first kappa shape index (κ1) is 21.2. The summed E-state index contributed by atoms with van der Waals surface area (Å²) >= 11 is 5.33. The summed E-state index contributed by atoms with van der Waals surface area (Å²) in [6, 6.07) is 4.30. The second-order valence-electron chi connectivity index (χ2n) is 7.17. The van der Waals surface area contributed by atoms with Crippen molar-refractivity contribution in [1.82, 2.24) is 20.0 Å². The third kappa shape index (κ3) is 6.89. The lowest BCUT2D eigenvalue weighted by Gasteiger charge is -2.36. The Hall–Kier alpha value is -1.12. The SMILES string of the molecule is CC(C)CNC(=NCC(=O)N(C)C)N1CCN(Cc2ccc(Br)s2)CC1. The van der Waals surface area contributed by atoms with Crippen LogP contribution in [0.4, 0.5) is 0 Å². The molecule has 0 aliphatic carbocycles. The van der Waals surface area contributed by atoms with Gasteiger partial charge in [-0.05, 0) is 34.0 Å². The van der Waals surface area contributed by atoms with E-state index in [0.717, 1.165) is 45.2 Å². The molecule has 1 aliphatic rings. The van der Waals surface area contributed by atoms with E-state index in [4.69, 9.17) is 0 Å². The molecule has 1 amide bonds. The van der Waals surface area contributed by atoms with Gasteiger partial charge in [0.1, 0.15) is 6.54 Å². The van der Waals surface area contributed by atoms with Crippen molar-refractivity contribution in [2.24, 2.45) is 10.9 Å². The molecule has 1 aliphatic heterocycles. The van der Waals surface area contributed by atoms with E-state index >= 15 is 0 Å². The van der Waals surface area contributed by atoms with Gasteiger partial charge in [0.15, 0.2) is 5.96 Å². The summed E-state index contributed by atoms with van der Waals surface area (Å²) in [5, 5.41) is 3.43. The van der Waals surface area contributed by atoms with Crippen molar-refractivity contribution in [3.63, 3.8) is 0 Å². The molecule has 1 N–H and O–H groups in total. The van der Waals surface area contributed by atoms with Crippen LogP contribution in [-0.2, 0) is 11.3 Å². The highest BCUT2D eigenvalue weighted by molar-refractivity contribution is 9.11. The van der Waals surface area contributed by atoms with Crippen LogP contribution in [0.1, 0.15) is 18.7 Å². The third-order valence-corrected chi connectivity index (χ3v) is 5.82. The number of likely N-dealkylation sites (N-methyl/N-ethyl adjacent to an activating group) is 1. The van der Waals surface area contributed by atoms with Crippen molar-refractivity contribution < 1.29 is 4.79 Å². The molecule has 0 unspecified atom stereocenters. The normalized spacial score (nSPS) is 16.2. The number of piperazine rings is 1. The first-order valence-electron chi connectivity index (χ1n) is 9.05. The summed E-state index contributed by atoms with van der Waals surface area (Å²) < 4.78 is 1.18. The van der Waals surface area contributed by atoms with Crippen LogP contribution in [0.5, 0.6) is 0 Å². The quantitative estimate of drug-likeness (QED) is 0.541. The van der Waals surface area contributed by atoms with Crippen LogP contribution in [0.3, 0.4) is 0 Å². The highest BCUT2D eigenvalue weighted by Crippen LogP contribution is 2.23. The van der Waals surface area contributed by atoms with Gasteiger partial charge in [-0.25, -0.2) is 4.99 Å². The van der Waals surface area contributed by atoms with Crippen molar-refractivity contribution in [2.75, 3.05) is 53.4 Å². The second kappa shape index (κ2) is 10.3. The van der Waals surface area contributed by atoms with E-state index < -0.39 is 0 Å². The topological polar surface area (TPSA) is 51.2 Å². The summed E-state index contributed by atoms with van der Waals surface area (Å²) in [5.74, 6) is 1.41. The first-order valence-corrected chi connectivity index (χ1v) is 10.7. The Bertz CT molecular complexity index is 608. The largest absolute Gasteiger partial charge is 0.356 e. The lowest BCUT2D eigenvalue weighted by atomic mass is 10.2. The van der Waals surface area contributed by atoms with Crippen LogP contribution in [0.15, 0.2) is 20.9 Å². The molecular formula is C18H30BrN5OS. The standard InChI is InChI=1S/C18H30BrN5OS/c1-14(2)11-20-18(21-12-17(25)22(3)4)24-9-7-23(8-10-24)13-15-5-6-16(19)26-15/h5-6,14H,7-13H2,1-4H3,(H,20,21). The Balaban J connectivity index is 1.91. The monoisotopic (exact) mass is 443 g/mol. The number of carbonyl (C=O) groups is 1. The zero-order valence-corrected chi connectivity index (χ0v) is 18.6. The van der Waals surface area contributed by atoms with E-state index in [0.29, 0.717) is 5.92 Å².